The Bertz CT molecular complexity index is 677. The molecule has 1 amide bonds. The number of benzene rings is 1. The number of carbonyl (C=O) groups excluding carboxylic acids is 1. The molecule has 1 heterocycles. The normalized spacial score (nSPS) is 10.3. The molecule has 4 nitrogen and oxygen atoms in total. The SMILES string of the molecule is COc1ccc(N(C)C(=O)c2cc(F)c(Cl)nc2Cl)cc1. The highest BCUT2D eigenvalue weighted by molar-refractivity contribution is 6.35. The first-order valence-electron chi connectivity index (χ1n) is 5.87. The Kier molecular flexibility index (Phi) is 4.65. The van der Waals surface area contributed by atoms with Gasteiger partial charge in [-0.15, -0.1) is 0 Å². The van der Waals surface area contributed by atoms with Crippen molar-refractivity contribution in [3.05, 3.63) is 52.0 Å². The Labute approximate surface area is 131 Å². The van der Waals surface area contributed by atoms with Crippen LogP contribution in [0, 0.1) is 5.82 Å². The zero-order valence-corrected chi connectivity index (χ0v) is 12.7. The fraction of sp³-hybridized carbons (Fsp3) is 0.143. The van der Waals surface area contributed by atoms with Gasteiger partial charge in [0.2, 0.25) is 0 Å². The summed E-state index contributed by atoms with van der Waals surface area (Å²) >= 11 is 11.4. The van der Waals surface area contributed by atoms with Crippen LogP contribution in [0.2, 0.25) is 10.3 Å². The molecule has 21 heavy (non-hydrogen) atoms. The van der Waals surface area contributed by atoms with Gasteiger partial charge < -0.3 is 9.64 Å². The van der Waals surface area contributed by atoms with E-state index in [1.54, 1.807) is 38.4 Å². The fourth-order valence-corrected chi connectivity index (χ4v) is 2.10. The van der Waals surface area contributed by atoms with Gasteiger partial charge in [0.25, 0.3) is 5.91 Å². The minimum Gasteiger partial charge on any atom is -0.497 e. The molecule has 2 rings (SSSR count). The molecule has 110 valence electrons. The van der Waals surface area contributed by atoms with E-state index in [2.05, 4.69) is 4.98 Å². The fourth-order valence-electron chi connectivity index (χ4n) is 1.70. The van der Waals surface area contributed by atoms with Crippen LogP contribution in [0.3, 0.4) is 0 Å². The number of hydrogen-bond donors (Lipinski definition) is 0. The molecule has 0 spiro atoms. The van der Waals surface area contributed by atoms with Gasteiger partial charge in [0, 0.05) is 12.7 Å². The summed E-state index contributed by atoms with van der Waals surface area (Å²) in [5, 5.41) is -0.518. The lowest BCUT2D eigenvalue weighted by molar-refractivity contribution is 0.0992. The largest absolute Gasteiger partial charge is 0.497 e. The van der Waals surface area contributed by atoms with Crippen LogP contribution < -0.4 is 9.64 Å². The van der Waals surface area contributed by atoms with Crippen molar-refractivity contribution in [1.29, 1.82) is 0 Å². The van der Waals surface area contributed by atoms with Crippen LogP contribution in [0.15, 0.2) is 30.3 Å². The van der Waals surface area contributed by atoms with Crippen LogP contribution in [0.25, 0.3) is 0 Å². The molecule has 0 N–H and O–H groups in total. The summed E-state index contributed by atoms with van der Waals surface area (Å²) in [5.41, 5.74) is 0.545. The average Bonchev–Trinajstić information content (AvgIpc) is 2.49. The standard InChI is InChI=1S/C14H11Cl2FN2O2/c1-19(8-3-5-9(21-2)6-4-8)14(20)10-7-11(17)13(16)18-12(10)15/h3-7H,1-2H3. The first-order chi connectivity index (χ1) is 9.93. The lowest BCUT2D eigenvalue weighted by Crippen LogP contribution is -2.26. The molecule has 1 aromatic carbocycles. The van der Waals surface area contributed by atoms with Crippen molar-refractivity contribution in [3.63, 3.8) is 0 Å². The monoisotopic (exact) mass is 328 g/mol. The summed E-state index contributed by atoms with van der Waals surface area (Å²) in [7, 11) is 3.10. The Balaban J connectivity index is 2.32. The smallest absolute Gasteiger partial charge is 0.261 e. The van der Waals surface area contributed by atoms with Gasteiger partial charge in [-0.2, -0.15) is 0 Å². The second-order valence-corrected chi connectivity index (χ2v) is 4.88. The van der Waals surface area contributed by atoms with E-state index < -0.39 is 11.7 Å². The molecule has 0 atom stereocenters. The summed E-state index contributed by atoms with van der Waals surface area (Å²) in [6.07, 6.45) is 0. The highest BCUT2D eigenvalue weighted by Gasteiger charge is 2.20. The first-order valence-corrected chi connectivity index (χ1v) is 6.63. The zero-order valence-electron chi connectivity index (χ0n) is 11.2. The van der Waals surface area contributed by atoms with Gasteiger partial charge in [0.05, 0.1) is 12.7 Å². The van der Waals surface area contributed by atoms with Gasteiger partial charge in [0.1, 0.15) is 10.9 Å². The molecule has 0 radical (unpaired) electrons. The quantitative estimate of drug-likeness (QED) is 0.804. The van der Waals surface area contributed by atoms with Gasteiger partial charge in [-0.1, -0.05) is 23.2 Å². The third-order valence-corrected chi connectivity index (χ3v) is 3.43. The predicted molar refractivity (Wildman–Crippen MR) is 79.9 cm³/mol. The number of pyridine rings is 1. The van der Waals surface area contributed by atoms with Crippen molar-refractivity contribution >= 4 is 34.8 Å². The van der Waals surface area contributed by atoms with Crippen molar-refractivity contribution in [2.75, 3.05) is 19.1 Å². The van der Waals surface area contributed by atoms with Gasteiger partial charge >= 0.3 is 0 Å². The van der Waals surface area contributed by atoms with Crippen molar-refractivity contribution in [3.8, 4) is 5.75 Å². The van der Waals surface area contributed by atoms with E-state index in [4.69, 9.17) is 27.9 Å². The summed E-state index contributed by atoms with van der Waals surface area (Å²) in [6, 6.07) is 7.79. The molecule has 1 aromatic heterocycles. The van der Waals surface area contributed by atoms with E-state index in [1.165, 1.54) is 4.90 Å². The van der Waals surface area contributed by atoms with Crippen molar-refractivity contribution in [2.24, 2.45) is 0 Å². The van der Waals surface area contributed by atoms with E-state index in [0.717, 1.165) is 6.07 Å². The molecule has 0 aliphatic carbocycles. The van der Waals surface area contributed by atoms with Crippen molar-refractivity contribution < 1.29 is 13.9 Å². The molecule has 0 bridgehead atoms. The van der Waals surface area contributed by atoms with Gasteiger partial charge in [-0.05, 0) is 30.3 Å². The number of amides is 1. The summed E-state index contributed by atoms with van der Waals surface area (Å²) in [4.78, 5) is 17.3. The van der Waals surface area contributed by atoms with E-state index in [9.17, 15) is 9.18 Å². The molecule has 0 saturated heterocycles. The van der Waals surface area contributed by atoms with E-state index >= 15 is 0 Å². The lowest BCUT2D eigenvalue weighted by Gasteiger charge is -2.18. The Morgan fingerprint density at radius 3 is 2.43 bits per heavy atom. The lowest BCUT2D eigenvalue weighted by atomic mass is 10.2. The molecule has 0 aliphatic heterocycles. The number of rotatable bonds is 3. The topological polar surface area (TPSA) is 42.4 Å². The summed E-state index contributed by atoms with van der Waals surface area (Å²) in [6.45, 7) is 0. The Hall–Kier alpha value is -1.85. The molecule has 0 saturated carbocycles. The maximum Gasteiger partial charge on any atom is 0.261 e. The van der Waals surface area contributed by atoms with E-state index in [0.29, 0.717) is 11.4 Å². The molecule has 0 fully saturated rings. The average molecular weight is 329 g/mol. The molecule has 0 unspecified atom stereocenters. The third kappa shape index (κ3) is 3.25. The van der Waals surface area contributed by atoms with Crippen LogP contribution in [0.5, 0.6) is 5.75 Å². The highest BCUT2D eigenvalue weighted by atomic mass is 35.5. The molecular weight excluding hydrogens is 318 g/mol. The number of aromatic nitrogens is 1. The number of carbonyl (C=O) groups is 1. The Morgan fingerprint density at radius 1 is 1.24 bits per heavy atom. The van der Waals surface area contributed by atoms with Crippen molar-refractivity contribution in [1.82, 2.24) is 4.98 Å². The summed E-state index contributed by atoms with van der Waals surface area (Å²) < 4.78 is 18.5. The number of anilines is 1. The second kappa shape index (κ2) is 6.28. The second-order valence-electron chi connectivity index (χ2n) is 4.16. The Morgan fingerprint density at radius 2 is 1.86 bits per heavy atom. The van der Waals surface area contributed by atoms with Gasteiger partial charge in [-0.25, -0.2) is 9.37 Å². The number of hydrogen-bond acceptors (Lipinski definition) is 3. The van der Waals surface area contributed by atoms with Crippen LogP contribution in [-0.4, -0.2) is 25.0 Å². The van der Waals surface area contributed by atoms with Gasteiger partial charge in [-0.3, -0.25) is 4.79 Å². The van der Waals surface area contributed by atoms with Gasteiger partial charge in [0.15, 0.2) is 11.0 Å². The molecule has 2 aromatic rings. The molecule has 7 heteroatoms. The van der Waals surface area contributed by atoms with Crippen LogP contribution >= 0.6 is 23.2 Å². The third-order valence-electron chi connectivity index (χ3n) is 2.88. The zero-order chi connectivity index (χ0) is 15.6. The van der Waals surface area contributed by atoms with Crippen molar-refractivity contribution in [2.45, 2.75) is 0 Å². The first kappa shape index (κ1) is 15.5. The maximum absolute atomic E-state index is 13.4. The number of ether oxygens (including phenoxy) is 1. The molecule has 0 aliphatic rings. The van der Waals surface area contributed by atoms with E-state index in [-0.39, 0.29) is 15.9 Å². The van der Waals surface area contributed by atoms with Crippen LogP contribution in [-0.2, 0) is 0 Å². The van der Waals surface area contributed by atoms with Crippen LogP contribution in [0.1, 0.15) is 10.4 Å². The number of halogens is 3. The maximum atomic E-state index is 13.4. The number of methoxy groups -OCH3 is 1. The minimum absolute atomic E-state index is 0.0584. The minimum atomic E-state index is -0.799. The predicted octanol–water partition coefficient (Wildman–Crippen LogP) is 3.81. The summed E-state index contributed by atoms with van der Waals surface area (Å²) in [5.74, 6) is -0.627. The number of nitrogens with zero attached hydrogens (tertiary/aromatic N) is 2. The van der Waals surface area contributed by atoms with E-state index in [1.807, 2.05) is 0 Å². The highest BCUT2D eigenvalue weighted by Crippen LogP contribution is 2.24. The van der Waals surface area contributed by atoms with Crippen LogP contribution in [0.4, 0.5) is 10.1 Å². The molecular formula is C14H11Cl2FN2O2.